The molecule has 0 aliphatic heterocycles. The van der Waals surface area contributed by atoms with E-state index in [9.17, 15) is 0 Å². The zero-order chi connectivity index (χ0) is 11.2. The summed E-state index contributed by atoms with van der Waals surface area (Å²) in [6.45, 7) is 5.87. The first-order valence-corrected chi connectivity index (χ1v) is 6.60. The van der Waals surface area contributed by atoms with E-state index in [1.807, 2.05) is 0 Å². The van der Waals surface area contributed by atoms with Gasteiger partial charge in [0.05, 0.1) is 0 Å². The van der Waals surface area contributed by atoms with Crippen LogP contribution in [0.15, 0.2) is 18.7 Å². The minimum Gasteiger partial charge on any atom is -0.0985 e. The van der Waals surface area contributed by atoms with Crippen molar-refractivity contribution in [2.75, 3.05) is 0 Å². The number of unbranched alkanes of at least 4 members (excludes halogenated alkanes) is 9. The number of rotatable bonds is 11. The lowest BCUT2D eigenvalue weighted by Gasteiger charge is -2.00. The number of hydrogen-bond donors (Lipinski definition) is 0. The van der Waals surface area contributed by atoms with Gasteiger partial charge in [-0.15, -0.1) is 0 Å². The van der Waals surface area contributed by atoms with Crippen molar-refractivity contribution in [1.29, 1.82) is 0 Å². The first kappa shape index (κ1) is 14.5. The van der Waals surface area contributed by atoms with Crippen LogP contribution in [0.1, 0.15) is 71.1 Å². The summed E-state index contributed by atoms with van der Waals surface area (Å²) >= 11 is 0. The molecule has 0 nitrogen and oxygen atoms in total. The topological polar surface area (TPSA) is 0 Å². The van der Waals surface area contributed by atoms with E-state index in [1.54, 1.807) is 6.08 Å². The summed E-state index contributed by atoms with van der Waals surface area (Å²) in [6.07, 6.45) is 20.6. The van der Waals surface area contributed by atoms with Crippen LogP contribution >= 0.6 is 0 Å². The maximum absolute atomic E-state index is 3.60. The molecule has 0 rings (SSSR count). The molecule has 0 spiro atoms. The molecular formula is C15H27. The fourth-order valence-electron chi connectivity index (χ4n) is 1.72. The van der Waals surface area contributed by atoms with Gasteiger partial charge in [0.15, 0.2) is 0 Å². The minimum atomic E-state index is 1.17. The van der Waals surface area contributed by atoms with Crippen LogP contribution in [-0.2, 0) is 0 Å². The van der Waals surface area contributed by atoms with Crippen LogP contribution in [0.2, 0.25) is 0 Å². The van der Waals surface area contributed by atoms with Gasteiger partial charge in [-0.05, 0) is 18.9 Å². The molecule has 0 aromatic carbocycles. The molecule has 0 heterocycles. The van der Waals surface area contributed by atoms with Crippen molar-refractivity contribution >= 4 is 0 Å². The lowest BCUT2D eigenvalue weighted by atomic mass is 10.1. The van der Waals surface area contributed by atoms with Crippen molar-refractivity contribution in [2.24, 2.45) is 0 Å². The molecule has 0 amide bonds. The SMILES string of the molecule is C=C/[C]=C/CCCCCCCCCCC. The number of allylic oxidation sites excluding steroid dienone is 3. The normalized spacial score (nSPS) is 11.0. The largest absolute Gasteiger partial charge is 0.0985 e. The zero-order valence-corrected chi connectivity index (χ0v) is 10.4. The Morgan fingerprint density at radius 2 is 1.40 bits per heavy atom. The van der Waals surface area contributed by atoms with Gasteiger partial charge in [0.1, 0.15) is 0 Å². The van der Waals surface area contributed by atoms with Gasteiger partial charge in [-0.3, -0.25) is 0 Å². The van der Waals surface area contributed by atoms with Gasteiger partial charge in [0.25, 0.3) is 0 Å². The quantitative estimate of drug-likeness (QED) is 0.312. The Hall–Kier alpha value is -0.520. The molecule has 0 saturated heterocycles. The van der Waals surface area contributed by atoms with Crippen molar-refractivity contribution in [1.82, 2.24) is 0 Å². The maximum atomic E-state index is 3.60. The van der Waals surface area contributed by atoms with Gasteiger partial charge in [-0.2, -0.15) is 0 Å². The smallest absolute Gasteiger partial charge is 0.0233 e. The molecule has 1 radical (unpaired) electrons. The summed E-state index contributed by atoms with van der Waals surface area (Å²) in [7, 11) is 0. The lowest BCUT2D eigenvalue weighted by molar-refractivity contribution is 0.566. The van der Waals surface area contributed by atoms with Gasteiger partial charge >= 0.3 is 0 Å². The van der Waals surface area contributed by atoms with Crippen LogP contribution in [0.5, 0.6) is 0 Å². The highest BCUT2D eigenvalue weighted by Gasteiger charge is 1.90. The second-order valence-corrected chi connectivity index (χ2v) is 4.19. The monoisotopic (exact) mass is 207 g/mol. The predicted octanol–water partition coefficient (Wildman–Crippen LogP) is 5.45. The first-order valence-electron chi connectivity index (χ1n) is 6.60. The van der Waals surface area contributed by atoms with Crippen molar-refractivity contribution in [3.63, 3.8) is 0 Å². The molecular weight excluding hydrogens is 180 g/mol. The molecule has 0 heteroatoms. The molecule has 0 fully saturated rings. The number of hydrogen-bond acceptors (Lipinski definition) is 0. The Labute approximate surface area is 96.5 Å². The molecule has 0 bridgehead atoms. The van der Waals surface area contributed by atoms with Crippen molar-refractivity contribution < 1.29 is 0 Å². The summed E-state index contributed by atoms with van der Waals surface area (Å²) in [6, 6.07) is 0. The average Bonchev–Trinajstić information content (AvgIpc) is 2.26. The van der Waals surface area contributed by atoms with Gasteiger partial charge < -0.3 is 0 Å². The molecule has 0 aliphatic carbocycles. The second-order valence-electron chi connectivity index (χ2n) is 4.19. The third-order valence-electron chi connectivity index (χ3n) is 2.69. The summed E-state index contributed by atoms with van der Waals surface area (Å²) in [5.41, 5.74) is 0. The molecule has 0 N–H and O–H groups in total. The van der Waals surface area contributed by atoms with Gasteiger partial charge in [0, 0.05) is 0 Å². The highest BCUT2D eigenvalue weighted by atomic mass is 14.0. The fraction of sp³-hybridized carbons (Fsp3) is 0.733. The van der Waals surface area contributed by atoms with Gasteiger partial charge in [0.2, 0.25) is 0 Å². The van der Waals surface area contributed by atoms with Gasteiger partial charge in [-0.25, -0.2) is 0 Å². The molecule has 0 aromatic heterocycles. The Kier molecular flexibility index (Phi) is 13.0. The van der Waals surface area contributed by atoms with E-state index in [0.717, 1.165) is 0 Å². The fourth-order valence-corrected chi connectivity index (χ4v) is 1.72. The Morgan fingerprint density at radius 3 is 1.93 bits per heavy atom. The van der Waals surface area contributed by atoms with Crippen molar-refractivity contribution in [3.05, 3.63) is 24.8 Å². The zero-order valence-electron chi connectivity index (χ0n) is 10.4. The van der Waals surface area contributed by atoms with Crippen LogP contribution in [0.25, 0.3) is 0 Å². The van der Waals surface area contributed by atoms with E-state index in [0.29, 0.717) is 0 Å². The molecule has 0 unspecified atom stereocenters. The standard InChI is InChI=1S/C15H27/c1-3-5-7-9-11-13-15-14-12-10-8-6-4-2/h3,7H,1,4,6,8-15H2,2H3. The Morgan fingerprint density at radius 1 is 0.867 bits per heavy atom. The van der Waals surface area contributed by atoms with E-state index in [1.165, 1.54) is 64.2 Å². The van der Waals surface area contributed by atoms with Crippen LogP contribution in [0.3, 0.4) is 0 Å². The van der Waals surface area contributed by atoms with E-state index in [2.05, 4.69) is 25.7 Å². The molecule has 15 heavy (non-hydrogen) atoms. The molecule has 87 valence electrons. The van der Waals surface area contributed by atoms with E-state index >= 15 is 0 Å². The van der Waals surface area contributed by atoms with E-state index < -0.39 is 0 Å². The van der Waals surface area contributed by atoms with Crippen LogP contribution in [0.4, 0.5) is 0 Å². The maximum Gasteiger partial charge on any atom is -0.0233 e. The first-order chi connectivity index (χ1) is 7.41. The third kappa shape index (κ3) is 13.5. The third-order valence-corrected chi connectivity index (χ3v) is 2.69. The Bertz CT molecular complexity index is 144. The van der Waals surface area contributed by atoms with Gasteiger partial charge in [-0.1, -0.05) is 77.0 Å². The molecule has 0 aromatic rings. The summed E-state index contributed by atoms with van der Waals surface area (Å²) < 4.78 is 0. The minimum absolute atomic E-state index is 1.17. The second kappa shape index (κ2) is 13.5. The summed E-state index contributed by atoms with van der Waals surface area (Å²) in [5, 5.41) is 0. The molecule has 0 aliphatic rings. The van der Waals surface area contributed by atoms with Crippen molar-refractivity contribution in [2.45, 2.75) is 71.1 Å². The van der Waals surface area contributed by atoms with Crippen LogP contribution in [0, 0.1) is 6.08 Å². The lowest BCUT2D eigenvalue weighted by Crippen LogP contribution is -1.80. The van der Waals surface area contributed by atoms with Crippen LogP contribution < -0.4 is 0 Å². The average molecular weight is 207 g/mol. The predicted molar refractivity (Wildman–Crippen MR) is 69.9 cm³/mol. The highest BCUT2D eigenvalue weighted by molar-refractivity contribution is 4.87. The molecule has 0 saturated carbocycles. The molecule has 0 atom stereocenters. The van der Waals surface area contributed by atoms with Crippen molar-refractivity contribution in [3.8, 4) is 0 Å². The van der Waals surface area contributed by atoms with Crippen LogP contribution in [-0.4, -0.2) is 0 Å². The van der Waals surface area contributed by atoms with E-state index in [-0.39, 0.29) is 0 Å². The van der Waals surface area contributed by atoms with E-state index in [4.69, 9.17) is 0 Å². The summed E-state index contributed by atoms with van der Waals surface area (Å²) in [5.74, 6) is 0. The Balaban J connectivity index is 2.92. The summed E-state index contributed by atoms with van der Waals surface area (Å²) in [4.78, 5) is 0. The highest BCUT2D eigenvalue weighted by Crippen LogP contribution is 2.10.